The summed E-state index contributed by atoms with van der Waals surface area (Å²) in [5, 5.41) is 0. The summed E-state index contributed by atoms with van der Waals surface area (Å²) in [7, 11) is -4.60. The summed E-state index contributed by atoms with van der Waals surface area (Å²) in [5.41, 5.74) is -0.278. The first kappa shape index (κ1) is 26.3. The molecular weight excluding hydrogens is 400 g/mol. The average Bonchev–Trinajstić information content (AvgIpc) is 2.52. The summed E-state index contributed by atoms with van der Waals surface area (Å²) >= 11 is 0. The van der Waals surface area contributed by atoms with Gasteiger partial charge in [-0.05, 0) is 42.9 Å². The normalized spacial score (nSPS) is 11.2. The van der Waals surface area contributed by atoms with Gasteiger partial charge in [0.05, 0.1) is 29.2 Å². The molecule has 7 nitrogen and oxygen atoms in total. The summed E-state index contributed by atoms with van der Waals surface area (Å²) < 4.78 is 42.3. The van der Waals surface area contributed by atoms with Gasteiger partial charge in [-0.1, -0.05) is 27.7 Å². The van der Waals surface area contributed by atoms with E-state index in [9.17, 15) is 22.6 Å². The van der Waals surface area contributed by atoms with Crippen LogP contribution in [0.25, 0.3) is 0 Å². The van der Waals surface area contributed by atoms with Gasteiger partial charge in [0, 0.05) is 0 Å². The molecule has 1 N–H and O–H groups in total. The minimum Gasteiger partial charge on any atom is -1.00 e. The summed E-state index contributed by atoms with van der Waals surface area (Å²) in [6.45, 7) is 8.22. The smallest absolute Gasteiger partial charge is 1.00 e. The minimum atomic E-state index is -4.60. The Morgan fingerprint density at radius 1 is 0.926 bits per heavy atom. The maximum atomic E-state index is 12.1. The van der Waals surface area contributed by atoms with E-state index in [1.54, 1.807) is 0 Å². The molecule has 1 rings (SSSR count). The third-order valence-corrected chi connectivity index (χ3v) is 4.36. The van der Waals surface area contributed by atoms with Gasteiger partial charge in [-0.25, -0.2) is 9.59 Å². The third-order valence-electron chi connectivity index (χ3n) is 3.53. The van der Waals surface area contributed by atoms with E-state index in [4.69, 9.17) is 9.47 Å². The van der Waals surface area contributed by atoms with Crippen LogP contribution in [0.4, 0.5) is 0 Å². The fourth-order valence-electron chi connectivity index (χ4n) is 1.93. The summed E-state index contributed by atoms with van der Waals surface area (Å²) in [6.07, 6.45) is 1.29. The van der Waals surface area contributed by atoms with Gasteiger partial charge in [0.1, 0.15) is 0 Å². The number of hydrogen-bond acceptors (Lipinski definition) is 6. The second kappa shape index (κ2) is 12.0. The Morgan fingerprint density at radius 2 is 1.30 bits per heavy atom. The van der Waals surface area contributed by atoms with Crippen LogP contribution >= 0.6 is 0 Å². The van der Waals surface area contributed by atoms with E-state index < -0.39 is 27.0 Å². The van der Waals surface area contributed by atoms with Crippen molar-refractivity contribution in [3.05, 3.63) is 29.3 Å². The Labute approximate surface area is 193 Å². The molecule has 27 heavy (non-hydrogen) atoms. The van der Waals surface area contributed by atoms with Crippen LogP contribution < -0.4 is 0 Å². The number of carbonyl (C=O) groups is 2. The Balaban J connectivity index is -0.00000225. The van der Waals surface area contributed by atoms with Crippen molar-refractivity contribution >= 4 is 59.8 Å². The molecule has 0 aliphatic rings. The van der Waals surface area contributed by atoms with Gasteiger partial charge in [0.15, 0.2) is 0 Å². The number of carbonyl (C=O) groups excluding carboxylic acids is 2. The minimum absolute atomic E-state index is 0. The van der Waals surface area contributed by atoms with Crippen molar-refractivity contribution in [1.82, 2.24) is 0 Å². The Kier molecular flexibility index (Phi) is 11.7. The van der Waals surface area contributed by atoms with Gasteiger partial charge < -0.3 is 12.3 Å². The van der Waals surface area contributed by atoms with E-state index in [0.717, 1.165) is 12.1 Å². The zero-order chi connectivity index (χ0) is 19.9. The maximum absolute atomic E-state index is 12.1. The molecule has 150 valence electrons. The fourth-order valence-corrected chi connectivity index (χ4v) is 2.48. The first-order valence-electron chi connectivity index (χ1n) is 8.47. The number of hydrogen-bond donors (Lipinski definition) is 1. The molecule has 0 saturated heterocycles. The zero-order valence-electron chi connectivity index (χ0n) is 18.2. The van der Waals surface area contributed by atoms with Gasteiger partial charge in [0.2, 0.25) is 0 Å². The number of ether oxygens (including phenoxy) is 2. The van der Waals surface area contributed by atoms with Crippen LogP contribution in [0.1, 0.15) is 64.1 Å². The molecule has 9 heteroatoms. The number of esters is 2. The zero-order valence-corrected chi connectivity index (χ0v) is 19.3. The Bertz CT molecular complexity index is 708. The van der Waals surface area contributed by atoms with Crippen molar-refractivity contribution in [1.29, 1.82) is 0 Å². The standard InChI is InChI=1S/C18H26O7S.Ca.2H/c1-12(2)5-7-24-17(19)14-9-15(11-16(10-14)26(21,22)23)18(20)25-8-6-13(3)4;;;/h9-13H,5-8H2,1-4H3,(H,21,22,23);;;/q;+2;2*-1. The van der Waals surface area contributed by atoms with Gasteiger partial charge >= 0.3 is 49.7 Å². The van der Waals surface area contributed by atoms with E-state index in [0.29, 0.717) is 24.7 Å². The summed E-state index contributed by atoms with van der Waals surface area (Å²) in [5.74, 6) is -0.878. The van der Waals surface area contributed by atoms with E-state index in [-0.39, 0.29) is 64.9 Å². The molecule has 0 bridgehead atoms. The molecule has 0 aliphatic carbocycles. The number of rotatable bonds is 9. The maximum Gasteiger partial charge on any atom is 2.00 e. The number of benzene rings is 1. The molecule has 0 amide bonds. The molecule has 1 aromatic carbocycles. The van der Waals surface area contributed by atoms with Crippen molar-refractivity contribution in [3.63, 3.8) is 0 Å². The van der Waals surface area contributed by atoms with Crippen LogP contribution in [0.15, 0.2) is 23.1 Å². The quantitative estimate of drug-likeness (QED) is 0.366. The van der Waals surface area contributed by atoms with Gasteiger partial charge in [-0.15, -0.1) is 0 Å². The van der Waals surface area contributed by atoms with Crippen molar-refractivity contribution in [2.24, 2.45) is 11.8 Å². The summed E-state index contributed by atoms with van der Waals surface area (Å²) in [4.78, 5) is 23.7. The molecule has 0 unspecified atom stereocenters. The molecule has 0 fully saturated rings. The van der Waals surface area contributed by atoms with E-state index in [1.807, 2.05) is 27.7 Å². The molecule has 0 saturated carbocycles. The van der Waals surface area contributed by atoms with Crippen molar-refractivity contribution in [2.75, 3.05) is 13.2 Å². The molecule has 0 spiro atoms. The van der Waals surface area contributed by atoms with Crippen molar-refractivity contribution in [2.45, 2.75) is 45.4 Å². The van der Waals surface area contributed by atoms with Crippen LogP contribution in [0.3, 0.4) is 0 Å². The first-order chi connectivity index (χ1) is 12.0. The van der Waals surface area contributed by atoms with Crippen LogP contribution in [-0.2, 0) is 19.6 Å². The second-order valence-electron chi connectivity index (χ2n) is 6.86. The van der Waals surface area contributed by atoms with Crippen molar-refractivity contribution in [3.8, 4) is 0 Å². The van der Waals surface area contributed by atoms with Gasteiger partial charge in [-0.3, -0.25) is 4.55 Å². The SMILES string of the molecule is CC(C)CCOC(=O)c1cc(C(=O)OCCC(C)C)cc(S(=O)(=O)O)c1.[Ca+2].[H-].[H-]. The van der Waals surface area contributed by atoms with Crippen LogP contribution in [-0.4, -0.2) is 75.9 Å². The predicted octanol–water partition coefficient (Wildman–Crippen LogP) is 3.18. The molecule has 0 radical (unpaired) electrons. The molecule has 0 aromatic heterocycles. The fraction of sp³-hybridized carbons (Fsp3) is 0.556. The van der Waals surface area contributed by atoms with E-state index in [1.165, 1.54) is 6.07 Å². The van der Waals surface area contributed by atoms with E-state index in [2.05, 4.69) is 0 Å². The average molecular weight is 429 g/mol. The topological polar surface area (TPSA) is 107 Å². The summed E-state index contributed by atoms with van der Waals surface area (Å²) in [6, 6.07) is 3.14. The first-order valence-corrected chi connectivity index (χ1v) is 9.91. The molecule has 0 aliphatic heterocycles. The van der Waals surface area contributed by atoms with Crippen LogP contribution in [0.5, 0.6) is 0 Å². The van der Waals surface area contributed by atoms with Gasteiger partial charge in [-0.2, -0.15) is 8.42 Å². The second-order valence-corrected chi connectivity index (χ2v) is 8.28. The molecular formula is C18H28CaO7S. The third kappa shape index (κ3) is 9.89. The molecule has 0 heterocycles. The van der Waals surface area contributed by atoms with Gasteiger partial charge in [0.25, 0.3) is 10.1 Å². The van der Waals surface area contributed by atoms with Crippen LogP contribution in [0.2, 0.25) is 0 Å². The molecule has 0 atom stereocenters. The monoisotopic (exact) mass is 428 g/mol. The Hall–Kier alpha value is -0.670. The largest absolute Gasteiger partial charge is 2.00 e. The Morgan fingerprint density at radius 3 is 1.59 bits per heavy atom. The molecule has 1 aromatic rings. The van der Waals surface area contributed by atoms with Crippen molar-refractivity contribution < 1.29 is 34.9 Å². The predicted molar refractivity (Wildman–Crippen MR) is 104 cm³/mol. The van der Waals surface area contributed by atoms with E-state index >= 15 is 0 Å². The van der Waals surface area contributed by atoms with Crippen LogP contribution in [0, 0.1) is 11.8 Å².